The second kappa shape index (κ2) is 8.67. The van der Waals surface area contributed by atoms with Crippen LogP contribution in [0.4, 0.5) is 5.69 Å². The molecule has 0 atom stereocenters. The molecule has 0 aliphatic heterocycles. The normalized spacial score (nSPS) is 11.2. The summed E-state index contributed by atoms with van der Waals surface area (Å²) in [6.45, 7) is 9.74. The van der Waals surface area contributed by atoms with Crippen molar-refractivity contribution < 1.29 is 9.59 Å². The number of benzene rings is 1. The lowest BCUT2D eigenvalue weighted by atomic mass is 10.1. The molecule has 1 aromatic carbocycles. The Labute approximate surface area is 139 Å². The molecule has 0 fully saturated rings. The Morgan fingerprint density at radius 2 is 1.61 bits per heavy atom. The van der Waals surface area contributed by atoms with Crippen molar-refractivity contribution in [3.05, 3.63) is 29.8 Å². The van der Waals surface area contributed by atoms with E-state index in [0.29, 0.717) is 29.8 Å². The average Bonchev–Trinajstić information content (AvgIpc) is 2.45. The topological polar surface area (TPSA) is 52.7 Å². The van der Waals surface area contributed by atoms with Gasteiger partial charge >= 0.3 is 0 Å². The fourth-order valence-electron chi connectivity index (χ4n) is 2.27. The highest BCUT2D eigenvalue weighted by atomic mass is 16.2. The van der Waals surface area contributed by atoms with Crippen molar-refractivity contribution in [1.82, 2.24) is 9.80 Å². The molecular weight excluding hydrogens is 290 g/mol. The lowest BCUT2D eigenvalue weighted by Crippen LogP contribution is -2.40. The number of hydrogen-bond donors (Lipinski definition) is 1. The summed E-state index contributed by atoms with van der Waals surface area (Å²) in [5, 5.41) is 2.89. The largest absolute Gasteiger partial charge is 0.345 e. The molecule has 23 heavy (non-hydrogen) atoms. The summed E-state index contributed by atoms with van der Waals surface area (Å²) in [4.78, 5) is 27.7. The first-order chi connectivity index (χ1) is 10.7. The zero-order chi connectivity index (χ0) is 17.6. The Kier molecular flexibility index (Phi) is 7.23. The molecule has 0 bridgehead atoms. The van der Waals surface area contributed by atoms with Crippen molar-refractivity contribution in [2.75, 3.05) is 32.5 Å². The van der Waals surface area contributed by atoms with Gasteiger partial charge in [0.25, 0.3) is 5.91 Å². The molecule has 2 amide bonds. The minimum absolute atomic E-state index is 0.0361. The second-order valence-corrected chi connectivity index (χ2v) is 6.74. The third kappa shape index (κ3) is 6.40. The predicted molar refractivity (Wildman–Crippen MR) is 94.6 cm³/mol. The lowest BCUT2D eigenvalue weighted by Gasteiger charge is -2.27. The van der Waals surface area contributed by atoms with Crippen LogP contribution in [0.3, 0.4) is 0 Å². The van der Waals surface area contributed by atoms with Crippen LogP contribution in [0.15, 0.2) is 24.3 Å². The van der Waals surface area contributed by atoms with Gasteiger partial charge in [-0.3, -0.25) is 14.5 Å². The number of amides is 2. The number of carbonyl (C=O) groups excluding carboxylic acids is 2. The predicted octanol–water partition coefficient (Wildman–Crippen LogP) is 2.69. The number of hydrogen-bond acceptors (Lipinski definition) is 3. The molecule has 0 radical (unpaired) electrons. The number of rotatable bonds is 7. The first-order valence-electron chi connectivity index (χ1n) is 8.06. The zero-order valence-corrected chi connectivity index (χ0v) is 15.1. The molecule has 0 saturated carbocycles. The Bertz CT molecular complexity index is 522. The first-order valence-corrected chi connectivity index (χ1v) is 8.06. The summed E-state index contributed by atoms with van der Waals surface area (Å²) >= 11 is 0. The van der Waals surface area contributed by atoms with Gasteiger partial charge in [0.05, 0.1) is 6.54 Å². The van der Waals surface area contributed by atoms with Crippen LogP contribution in [0.2, 0.25) is 0 Å². The van der Waals surface area contributed by atoms with Gasteiger partial charge in [0, 0.05) is 37.9 Å². The quantitative estimate of drug-likeness (QED) is 0.841. The van der Waals surface area contributed by atoms with Gasteiger partial charge in [0.2, 0.25) is 5.91 Å². The molecule has 0 aliphatic rings. The molecule has 0 unspecified atom stereocenters. The number of carbonyl (C=O) groups is 2. The SMILES string of the molecule is CC(C)CN(CC(=O)Nc1ccc(C(=O)N(C)C)cc1)C(C)C. The minimum Gasteiger partial charge on any atom is -0.345 e. The maximum absolute atomic E-state index is 12.2. The van der Waals surface area contributed by atoms with Gasteiger partial charge in [-0.15, -0.1) is 0 Å². The molecule has 5 nitrogen and oxygen atoms in total. The number of nitrogens with zero attached hydrogens (tertiary/aromatic N) is 2. The van der Waals surface area contributed by atoms with E-state index in [4.69, 9.17) is 0 Å². The van der Waals surface area contributed by atoms with E-state index in [9.17, 15) is 9.59 Å². The van der Waals surface area contributed by atoms with E-state index in [2.05, 4.69) is 37.9 Å². The van der Waals surface area contributed by atoms with Gasteiger partial charge in [0.1, 0.15) is 0 Å². The summed E-state index contributed by atoms with van der Waals surface area (Å²) in [5.74, 6) is 0.429. The van der Waals surface area contributed by atoms with Crippen molar-refractivity contribution in [3.63, 3.8) is 0 Å². The van der Waals surface area contributed by atoms with Crippen molar-refractivity contribution in [3.8, 4) is 0 Å². The number of nitrogens with one attached hydrogen (secondary N) is 1. The van der Waals surface area contributed by atoms with E-state index < -0.39 is 0 Å². The van der Waals surface area contributed by atoms with Crippen molar-refractivity contribution in [1.29, 1.82) is 0 Å². The monoisotopic (exact) mass is 319 g/mol. The Morgan fingerprint density at radius 3 is 2.04 bits per heavy atom. The first kappa shape index (κ1) is 19.2. The third-order valence-electron chi connectivity index (χ3n) is 3.50. The van der Waals surface area contributed by atoms with Crippen LogP contribution in [0.25, 0.3) is 0 Å². The van der Waals surface area contributed by atoms with Gasteiger partial charge < -0.3 is 10.2 Å². The van der Waals surface area contributed by atoms with Crippen LogP contribution in [0.5, 0.6) is 0 Å². The lowest BCUT2D eigenvalue weighted by molar-refractivity contribution is -0.117. The molecular formula is C18H29N3O2. The van der Waals surface area contributed by atoms with Crippen LogP contribution in [-0.2, 0) is 4.79 Å². The highest BCUT2D eigenvalue weighted by molar-refractivity contribution is 5.96. The second-order valence-electron chi connectivity index (χ2n) is 6.74. The summed E-state index contributed by atoms with van der Waals surface area (Å²) < 4.78 is 0. The van der Waals surface area contributed by atoms with Gasteiger partial charge in [-0.1, -0.05) is 13.8 Å². The molecule has 1 aromatic rings. The minimum atomic E-state index is -0.0502. The van der Waals surface area contributed by atoms with E-state index in [0.717, 1.165) is 6.54 Å². The third-order valence-corrected chi connectivity index (χ3v) is 3.50. The summed E-state index contributed by atoms with van der Waals surface area (Å²) in [6, 6.07) is 7.30. The van der Waals surface area contributed by atoms with Gasteiger partial charge in [0.15, 0.2) is 0 Å². The molecule has 0 aliphatic carbocycles. The van der Waals surface area contributed by atoms with E-state index in [1.54, 1.807) is 38.4 Å². The van der Waals surface area contributed by atoms with Crippen molar-refractivity contribution >= 4 is 17.5 Å². The molecule has 0 saturated heterocycles. The van der Waals surface area contributed by atoms with Crippen LogP contribution in [-0.4, -0.2) is 54.8 Å². The van der Waals surface area contributed by atoms with Crippen molar-refractivity contribution in [2.24, 2.45) is 5.92 Å². The zero-order valence-electron chi connectivity index (χ0n) is 15.1. The van der Waals surface area contributed by atoms with Crippen LogP contribution >= 0.6 is 0 Å². The van der Waals surface area contributed by atoms with E-state index in [1.807, 2.05) is 0 Å². The fourth-order valence-corrected chi connectivity index (χ4v) is 2.27. The van der Waals surface area contributed by atoms with E-state index in [1.165, 1.54) is 4.90 Å². The van der Waals surface area contributed by atoms with Gasteiger partial charge in [-0.05, 0) is 44.0 Å². The standard InChI is InChI=1S/C18H29N3O2/c1-13(2)11-21(14(3)4)12-17(22)19-16-9-7-15(8-10-16)18(23)20(5)6/h7-10,13-14H,11-12H2,1-6H3,(H,19,22). The molecule has 0 heterocycles. The smallest absolute Gasteiger partial charge is 0.253 e. The van der Waals surface area contributed by atoms with Crippen LogP contribution < -0.4 is 5.32 Å². The Morgan fingerprint density at radius 1 is 1.04 bits per heavy atom. The Hall–Kier alpha value is -1.88. The molecule has 0 spiro atoms. The highest BCUT2D eigenvalue weighted by Crippen LogP contribution is 2.11. The summed E-state index contributed by atoms with van der Waals surface area (Å²) in [5.41, 5.74) is 1.31. The highest BCUT2D eigenvalue weighted by Gasteiger charge is 2.15. The van der Waals surface area contributed by atoms with Crippen molar-refractivity contribution in [2.45, 2.75) is 33.7 Å². The average molecular weight is 319 g/mol. The van der Waals surface area contributed by atoms with Gasteiger partial charge in [-0.25, -0.2) is 0 Å². The fraction of sp³-hybridized carbons (Fsp3) is 0.556. The summed E-state index contributed by atoms with van der Waals surface area (Å²) in [7, 11) is 3.43. The number of anilines is 1. The maximum atomic E-state index is 12.2. The molecule has 128 valence electrons. The van der Waals surface area contributed by atoms with E-state index in [-0.39, 0.29) is 11.8 Å². The molecule has 1 N–H and O–H groups in total. The Balaban J connectivity index is 2.65. The molecule has 5 heteroatoms. The van der Waals surface area contributed by atoms with Crippen LogP contribution in [0, 0.1) is 5.92 Å². The molecule has 1 rings (SSSR count). The molecule has 0 aromatic heterocycles. The van der Waals surface area contributed by atoms with E-state index >= 15 is 0 Å². The van der Waals surface area contributed by atoms with Gasteiger partial charge in [-0.2, -0.15) is 0 Å². The maximum Gasteiger partial charge on any atom is 0.253 e. The summed E-state index contributed by atoms with van der Waals surface area (Å²) in [6.07, 6.45) is 0. The van der Waals surface area contributed by atoms with Crippen LogP contribution in [0.1, 0.15) is 38.1 Å².